The van der Waals surface area contributed by atoms with E-state index in [9.17, 15) is 19.7 Å². The van der Waals surface area contributed by atoms with E-state index in [1.165, 1.54) is 30.1 Å². The number of imidazole rings is 1. The third kappa shape index (κ3) is 3.49. The number of rotatable bonds is 5. The highest BCUT2D eigenvalue weighted by Crippen LogP contribution is 2.33. The number of fused-ring (bicyclic) bond motifs is 1. The molecule has 11 heteroatoms. The first-order valence-electron chi connectivity index (χ1n) is 8.86. The van der Waals surface area contributed by atoms with E-state index in [2.05, 4.69) is 20.3 Å². The quantitative estimate of drug-likeness (QED) is 0.458. The first-order valence-corrected chi connectivity index (χ1v) is 8.86. The number of aromatic nitrogens is 4. The Morgan fingerprint density at radius 3 is 2.79 bits per heavy atom. The second-order valence-corrected chi connectivity index (χ2v) is 6.74. The number of benzene rings is 1. The molecule has 1 aromatic carbocycles. The Kier molecular flexibility index (Phi) is 5.04. The smallest absolute Gasteiger partial charge is 0.167 e. The molecule has 0 saturated carbocycles. The van der Waals surface area contributed by atoms with E-state index in [1.807, 2.05) is 0 Å². The summed E-state index contributed by atoms with van der Waals surface area (Å²) < 4.78 is 25.9. The molecule has 4 N–H and O–H groups in total. The maximum absolute atomic E-state index is 13.6. The van der Waals surface area contributed by atoms with Crippen molar-refractivity contribution < 1.29 is 29.2 Å². The first-order chi connectivity index (χ1) is 13.9. The molecular formula is C18H20FN5O5. The van der Waals surface area contributed by atoms with Crippen molar-refractivity contribution in [2.75, 3.05) is 19.0 Å². The topological polar surface area (TPSA) is 135 Å². The number of aliphatic hydroxyl groups is 2. The van der Waals surface area contributed by atoms with E-state index in [-0.39, 0.29) is 6.61 Å². The van der Waals surface area contributed by atoms with Crippen LogP contribution in [-0.2, 0) is 9.47 Å². The number of methoxy groups -OCH3 is 1. The highest BCUT2D eigenvalue weighted by atomic mass is 19.1. The summed E-state index contributed by atoms with van der Waals surface area (Å²) in [4.78, 5) is 13.0. The van der Waals surface area contributed by atoms with Crippen LogP contribution in [0.1, 0.15) is 12.1 Å². The fourth-order valence-electron chi connectivity index (χ4n) is 3.28. The number of aromatic hydroxyl groups is 1. The van der Waals surface area contributed by atoms with Gasteiger partial charge in [0.05, 0.1) is 12.9 Å². The lowest BCUT2D eigenvalue weighted by molar-refractivity contribution is -0.0580. The molecule has 4 rings (SSSR count). The summed E-state index contributed by atoms with van der Waals surface area (Å²) in [6, 6.07) is 3.85. The molecule has 29 heavy (non-hydrogen) atoms. The standard InChI is InChI=1S/C18H20FN5O5/c1-8-21-16(23-9-3-4-11(25)10(19)5-9)13-17(22-8)24(7-20-13)18-15(27)14(26)12(29-18)6-28-2/h3-5,7,12,14-15,18,25-27H,6H2,1-2H3,(H,21,22,23)/t12-,14-,15-,18-/m1/s1. The van der Waals surface area contributed by atoms with Crippen molar-refractivity contribution in [3.05, 3.63) is 36.2 Å². The number of aryl methyl sites for hydroxylation is 1. The van der Waals surface area contributed by atoms with Gasteiger partial charge in [0.2, 0.25) is 0 Å². The van der Waals surface area contributed by atoms with Crippen LogP contribution in [0.25, 0.3) is 11.2 Å². The summed E-state index contributed by atoms with van der Waals surface area (Å²) in [7, 11) is 1.48. The van der Waals surface area contributed by atoms with Crippen molar-refractivity contribution in [1.29, 1.82) is 0 Å². The highest BCUT2D eigenvalue weighted by molar-refractivity contribution is 5.85. The molecule has 0 radical (unpaired) electrons. The fourth-order valence-corrected chi connectivity index (χ4v) is 3.28. The molecule has 2 aromatic heterocycles. The third-order valence-corrected chi connectivity index (χ3v) is 4.69. The van der Waals surface area contributed by atoms with Gasteiger partial charge in [-0.3, -0.25) is 4.57 Å². The third-order valence-electron chi connectivity index (χ3n) is 4.69. The zero-order valence-corrected chi connectivity index (χ0v) is 15.7. The van der Waals surface area contributed by atoms with E-state index in [1.54, 1.807) is 6.92 Å². The van der Waals surface area contributed by atoms with Gasteiger partial charge < -0.3 is 30.1 Å². The van der Waals surface area contributed by atoms with Crippen LogP contribution in [0, 0.1) is 12.7 Å². The molecule has 154 valence electrons. The molecule has 0 unspecified atom stereocenters. The van der Waals surface area contributed by atoms with Crippen LogP contribution in [0.3, 0.4) is 0 Å². The Morgan fingerprint density at radius 1 is 1.28 bits per heavy atom. The van der Waals surface area contributed by atoms with E-state index >= 15 is 0 Å². The lowest BCUT2D eigenvalue weighted by atomic mass is 10.1. The maximum atomic E-state index is 13.6. The number of aliphatic hydroxyl groups excluding tert-OH is 2. The van der Waals surface area contributed by atoms with Crippen LogP contribution in [0.5, 0.6) is 5.75 Å². The molecule has 3 heterocycles. The van der Waals surface area contributed by atoms with E-state index in [4.69, 9.17) is 9.47 Å². The second-order valence-electron chi connectivity index (χ2n) is 6.74. The Hall–Kier alpha value is -2.86. The Labute approximate surface area is 164 Å². The van der Waals surface area contributed by atoms with Gasteiger partial charge in [0.25, 0.3) is 0 Å². The second kappa shape index (κ2) is 7.52. The zero-order chi connectivity index (χ0) is 20.7. The van der Waals surface area contributed by atoms with Crippen molar-refractivity contribution in [3.8, 4) is 5.75 Å². The summed E-state index contributed by atoms with van der Waals surface area (Å²) in [6.45, 7) is 1.79. The van der Waals surface area contributed by atoms with Crippen LogP contribution in [0.4, 0.5) is 15.9 Å². The molecule has 0 spiro atoms. The number of hydrogen-bond acceptors (Lipinski definition) is 9. The lowest BCUT2D eigenvalue weighted by Crippen LogP contribution is -2.33. The summed E-state index contributed by atoms with van der Waals surface area (Å²) in [5.74, 6) is -0.510. The first kappa shape index (κ1) is 19.5. The van der Waals surface area contributed by atoms with Gasteiger partial charge in [-0.2, -0.15) is 0 Å². The molecule has 1 saturated heterocycles. The minimum atomic E-state index is -1.20. The van der Waals surface area contributed by atoms with Gasteiger partial charge in [-0.25, -0.2) is 19.3 Å². The van der Waals surface area contributed by atoms with E-state index < -0.39 is 36.1 Å². The molecule has 1 aliphatic rings. The summed E-state index contributed by atoms with van der Waals surface area (Å²) in [5, 5.41) is 32.9. The molecule has 0 aliphatic carbocycles. The number of nitrogens with zero attached hydrogens (tertiary/aromatic N) is 4. The number of nitrogens with one attached hydrogen (secondary N) is 1. The van der Waals surface area contributed by atoms with Gasteiger partial charge in [-0.05, 0) is 19.1 Å². The summed E-state index contributed by atoms with van der Waals surface area (Å²) >= 11 is 0. The van der Waals surface area contributed by atoms with Crippen LogP contribution in [0.2, 0.25) is 0 Å². The number of hydrogen-bond donors (Lipinski definition) is 4. The monoisotopic (exact) mass is 405 g/mol. The molecule has 10 nitrogen and oxygen atoms in total. The minimum Gasteiger partial charge on any atom is -0.505 e. The van der Waals surface area contributed by atoms with Crippen molar-refractivity contribution in [2.24, 2.45) is 0 Å². The molecule has 0 amide bonds. The molecule has 3 aromatic rings. The zero-order valence-electron chi connectivity index (χ0n) is 15.7. The van der Waals surface area contributed by atoms with Crippen molar-refractivity contribution in [1.82, 2.24) is 19.5 Å². The van der Waals surface area contributed by atoms with E-state index in [0.717, 1.165) is 6.07 Å². The Bertz CT molecular complexity index is 1040. The van der Waals surface area contributed by atoms with E-state index in [0.29, 0.717) is 28.5 Å². The molecule has 0 bridgehead atoms. The molecule has 1 fully saturated rings. The number of ether oxygens (including phenoxy) is 2. The molecular weight excluding hydrogens is 385 g/mol. The predicted octanol–water partition coefficient (Wildman–Crippen LogP) is 0.989. The SMILES string of the molecule is COC[C@H]1O[C@@H](n2cnc3c(Nc4ccc(O)c(F)c4)nc(C)nc32)[C@H](O)[C@@H]1O. The average Bonchev–Trinajstić information content (AvgIpc) is 3.21. The van der Waals surface area contributed by atoms with Gasteiger partial charge in [-0.15, -0.1) is 0 Å². The van der Waals surface area contributed by atoms with Crippen molar-refractivity contribution in [2.45, 2.75) is 31.5 Å². The predicted molar refractivity (Wildman–Crippen MR) is 99.2 cm³/mol. The lowest BCUT2D eigenvalue weighted by Gasteiger charge is -2.17. The van der Waals surface area contributed by atoms with Crippen LogP contribution < -0.4 is 5.32 Å². The minimum absolute atomic E-state index is 0.120. The molecule has 1 aliphatic heterocycles. The van der Waals surface area contributed by atoms with Crippen molar-refractivity contribution >= 4 is 22.7 Å². The normalized spacial score (nSPS) is 24.3. The van der Waals surface area contributed by atoms with Gasteiger partial charge in [-0.1, -0.05) is 0 Å². The summed E-state index contributed by atoms with van der Waals surface area (Å²) in [6.07, 6.45) is -2.51. The summed E-state index contributed by atoms with van der Waals surface area (Å²) in [5.41, 5.74) is 1.10. The highest BCUT2D eigenvalue weighted by Gasteiger charge is 2.44. The number of phenols is 1. The Morgan fingerprint density at radius 2 is 2.07 bits per heavy atom. The fraction of sp³-hybridized carbons (Fsp3) is 0.389. The average molecular weight is 405 g/mol. The Balaban J connectivity index is 1.71. The number of anilines is 2. The van der Waals surface area contributed by atoms with Crippen LogP contribution >= 0.6 is 0 Å². The van der Waals surface area contributed by atoms with Crippen LogP contribution in [0.15, 0.2) is 24.5 Å². The molecule has 4 atom stereocenters. The van der Waals surface area contributed by atoms with Crippen LogP contribution in [-0.4, -0.2) is 66.9 Å². The van der Waals surface area contributed by atoms with Crippen molar-refractivity contribution in [3.63, 3.8) is 0 Å². The van der Waals surface area contributed by atoms with Gasteiger partial charge in [0, 0.05) is 18.9 Å². The van der Waals surface area contributed by atoms with Gasteiger partial charge >= 0.3 is 0 Å². The largest absolute Gasteiger partial charge is 0.505 e. The van der Waals surface area contributed by atoms with Gasteiger partial charge in [0.15, 0.2) is 34.8 Å². The number of phenolic OH excluding ortho intramolecular Hbond substituents is 1. The maximum Gasteiger partial charge on any atom is 0.167 e. The number of halogens is 1. The van der Waals surface area contributed by atoms with Gasteiger partial charge in [0.1, 0.15) is 24.1 Å².